The molecule has 2 N–H and O–H groups in total. The number of hydrogen-bond acceptors (Lipinski definition) is 5. The third-order valence-electron chi connectivity index (χ3n) is 4.91. The van der Waals surface area contributed by atoms with Crippen LogP contribution in [0.15, 0.2) is 42.5 Å². The number of likely N-dealkylation sites (N-methyl/N-ethyl adjacent to an activating group) is 1. The van der Waals surface area contributed by atoms with Gasteiger partial charge in [-0.1, -0.05) is 0 Å². The Morgan fingerprint density at radius 1 is 1.06 bits per heavy atom. The normalized spacial score (nSPS) is 13.4. The van der Waals surface area contributed by atoms with Gasteiger partial charge in [-0.05, 0) is 36.4 Å². The number of nitrogens with one attached hydrogen (secondary N) is 2. The van der Waals surface area contributed by atoms with E-state index in [0.717, 1.165) is 35.8 Å². The second kappa shape index (κ2) is 10.7. The summed E-state index contributed by atoms with van der Waals surface area (Å²) in [4.78, 5) is 39.7. The van der Waals surface area contributed by atoms with Crippen LogP contribution in [-0.4, -0.2) is 69.1 Å². The van der Waals surface area contributed by atoms with E-state index < -0.39 is 35.9 Å². The van der Waals surface area contributed by atoms with Crippen LogP contribution in [0.2, 0.25) is 0 Å². The van der Waals surface area contributed by atoms with Gasteiger partial charge in [0.25, 0.3) is 5.91 Å². The molecule has 1 heterocycles. The molecule has 1 fully saturated rings. The van der Waals surface area contributed by atoms with E-state index in [1.807, 2.05) is 12.1 Å². The van der Waals surface area contributed by atoms with Crippen LogP contribution in [0.5, 0.6) is 0 Å². The van der Waals surface area contributed by atoms with Crippen molar-refractivity contribution in [3.8, 4) is 0 Å². The standard InChI is InChI=1S/C22H24F2N4O4/c1-27(21(30)13-25-22(31)18-7-2-15(23)12-19(18)24)14-20(29)26-16-3-5-17(6-4-16)28-8-10-32-11-9-28/h2-7,12H,8-11,13-14H2,1H3,(H,25,31)(H,26,29). The van der Waals surface area contributed by atoms with Crippen LogP contribution in [0, 0.1) is 11.6 Å². The zero-order valence-corrected chi connectivity index (χ0v) is 17.6. The van der Waals surface area contributed by atoms with Crippen molar-refractivity contribution in [2.45, 2.75) is 0 Å². The lowest BCUT2D eigenvalue weighted by Crippen LogP contribution is -2.41. The third kappa shape index (κ3) is 6.24. The summed E-state index contributed by atoms with van der Waals surface area (Å²) < 4.78 is 31.9. The van der Waals surface area contributed by atoms with Crippen molar-refractivity contribution in [2.24, 2.45) is 0 Å². The molecule has 1 aliphatic heterocycles. The van der Waals surface area contributed by atoms with Crippen LogP contribution in [-0.2, 0) is 14.3 Å². The number of carbonyl (C=O) groups is 3. The first-order chi connectivity index (χ1) is 15.3. The number of halogens is 2. The lowest BCUT2D eigenvalue weighted by atomic mass is 10.2. The van der Waals surface area contributed by atoms with Gasteiger partial charge in [0.2, 0.25) is 11.8 Å². The molecule has 0 aliphatic carbocycles. The number of nitrogens with zero attached hydrogens (tertiary/aromatic N) is 2. The Bertz CT molecular complexity index is 978. The number of ether oxygens (including phenoxy) is 1. The monoisotopic (exact) mass is 446 g/mol. The zero-order valence-electron chi connectivity index (χ0n) is 17.6. The average Bonchev–Trinajstić information content (AvgIpc) is 2.78. The average molecular weight is 446 g/mol. The minimum Gasteiger partial charge on any atom is -0.378 e. The molecule has 0 aromatic heterocycles. The highest BCUT2D eigenvalue weighted by atomic mass is 19.1. The Kier molecular flexibility index (Phi) is 7.72. The van der Waals surface area contributed by atoms with Gasteiger partial charge in [0, 0.05) is 37.6 Å². The van der Waals surface area contributed by atoms with Gasteiger partial charge in [-0.15, -0.1) is 0 Å². The van der Waals surface area contributed by atoms with E-state index in [1.54, 1.807) is 12.1 Å². The maximum absolute atomic E-state index is 13.6. The van der Waals surface area contributed by atoms with E-state index in [9.17, 15) is 23.2 Å². The SMILES string of the molecule is CN(CC(=O)Nc1ccc(N2CCOCC2)cc1)C(=O)CNC(=O)c1ccc(F)cc1F. The molecule has 3 amide bonds. The second-order valence-electron chi connectivity index (χ2n) is 7.25. The van der Waals surface area contributed by atoms with Gasteiger partial charge in [0.1, 0.15) is 11.6 Å². The van der Waals surface area contributed by atoms with Crippen LogP contribution in [0.1, 0.15) is 10.4 Å². The molecule has 3 rings (SSSR count). The van der Waals surface area contributed by atoms with Crippen LogP contribution >= 0.6 is 0 Å². The van der Waals surface area contributed by atoms with Crippen LogP contribution in [0.3, 0.4) is 0 Å². The zero-order chi connectivity index (χ0) is 23.1. The summed E-state index contributed by atoms with van der Waals surface area (Å²) in [6, 6.07) is 9.89. The van der Waals surface area contributed by atoms with Crippen LogP contribution < -0.4 is 15.5 Å². The largest absolute Gasteiger partial charge is 0.378 e. The third-order valence-corrected chi connectivity index (χ3v) is 4.91. The Balaban J connectivity index is 1.45. The van der Waals surface area contributed by atoms with Gasteiger partial charge in [-0.3, -0.25) is 14.4 Å². The second-order valence-corrected chi connectivity index (χ2v) is 7.25. The predicted octanol–water partition coefficient (Wildman–Crippen LogP) is 1.63. The number of benzene rings is 2. The number of carbonyl (C=O) groups excluding carboxylic acids is 3. The lowest BCUT2D eigenvalue weighted by Gasteiger charge is -2.28. The molecule has 1 saturated heterocycles. The molecule has 0 spiro atoms. The lowest BCUT2D eigenvalue weighted by molar-refractivity contribution is -0.132. The van der Waals surface area contributed by atoms with Crippen molar-refractivity contribution < 1.29 is 27.9 Å². The Morgan fingerprint density at radius 2 is 1.75 bits per heavy atom. The maximum Gasteiger partial charge on any atom is 0.254 e. The van der Waals surface area contributed by atoms with E-state index in [4.69, 9.17) is 4.74 Å². The molecule has 10 heteroatoms. The van der Waals surface area contributed by atoms with Crippen molar-refractivity contribution >= 4 is 29.1 Å². The van der Waals surface area contributed by atoms with Crippen molar-refractivity contribution in [3.63, 3.8) is 0 Å². The molecular weight excluding hydrogens is 422 g/mol. The van der Waals surface area contributed by atoms with Crippen molar-refractivity contribution in [1.29, 1.82) is 0 Å². The summed E-state index contributed by atoms with van der Waals surface area (Å²) in [6.45, 7) is 2.31. The van der Waals surface area contributed by atoms with E-state index >= 15 is 0 Å². The molecule has 1 aliphatic rings. The number of hydrogen-bond donors (Lipinski definition) is 2. The molecule has 2 aromatic rings. The van der Waals surface area contributed by atoms with E-state index in [0.29, 0.717) is 25.0 Å². The first kappa shape index (κ1) is 23.1. The highest BCUT2D eigenvalue weighted by Crippen LogP contribution is 2.19. The molecule has 0 bridgehead atoms. The van der Waals surface area contributed by atoms with Gasteiger partial charge < -0.3 is 25.2 Å². The quantitative estimate of drug-likeness (QED) is 0.675. The molecule has 2 aromatic carbocycles. The van der Waals surface area contributed by atoms with E-state index in [1.165, 1.54) is 7.05 Å². The molecule has 170 valence electrons. The minimum absolute atomic E-state index is 0.231. The maximum atomic E-state index is 13.6. The highest BCUT2D eigenvalue weighted by molar-refractivity contribution is 5.98. The van der Waals surface area contributed by atoms with Crippen LogP contribution in [0.4, 0.5) is 20.2 Å². The molecule has 8 nitrogen and oxygen atoms in total. The van der Waals surface area contributed by atoms with Crippen molar-refractivity contribution in [2.75, 3.05) is 56.7 Å². The minimum atomic E-state index is -1.03. The number of anilines is 2. The summed E-state index contributed by atoms with van der Waals surface area (Å²) in [5.41, 5.74) is 1.25. The van der Waals surface area contributed by atoms with Gasteiger partial charge in [-0.2, -0.15) is 0 Å². The summed E-state index contributed by atoms with van der Waals surface area (Å²) in [5, 5.41) is 4.98. The van der Waals surface area contributed by atoms with Crippen molar-refractivity contribution in [3.05, 3.63) is 59.7 Å². The summed E-state index contributed by atoms with van der Waals surface area (Å²) >= 11 is 0. The Labute approximate surface area is 184 Å². The van der Waals surface area contributed by atoms with Crippen molar-refractivity contribution in [1.82, 2.24) is 10.2 Å². The van der Waals surface area contributed by atoms with Gasteiger partial charge in [-0.25, -0.2) is 8.78 Å². The number of amides is 3. The Hall–Kier alpha value is -3.53. The van der Waals surface area contributed by atoms with Gasteiger partial charge in [0.05, 0.1) is 31.9 Å². The van der Waals surface area contributed by atoms with Gasteiger partial charge >= 0.3 is 0 Å². The molecule has 0 saturated carbocycles. The summed E-state index contributed by atoms with van der Waals surface area (Å²) in [7, 11) is 1.41. The first-order valence-electron chi connectivity index (χ1n) is 10.0. The fourth-order valence-corrected chi connectivity index (χ4v) is 3.14. The highest BCUT2D eigenvalue weighted by Gasteiger charge is 2.17. The van der Waals surface area contributed by atoms with E-state index in [-0.39, 0.29) is 12.1 Å². The fraction of sp³-hybridized carbons (Fsp3) is 0.318. The van der Waals surface area contributed by atoms with E-state index in [2.05, 4.69) is 15.5 Å². The fourth-order valence-electron chi connectivity index (χ4n) is 3.14. The Morgan fingerprint density at radius 3 is 2.41 bits per heavy atom. The van der Waals surface area contributed by atoms with Crippen LogP contribution in [0.25, 0.3) is 0 Å². The molecule has 0 radical (unpaired) electrons. The topological polar surface area (TPSA) is 91.0 Å². The predicted molar refractivity (Wildman–Crippen MR) is 114 cm³/mol. The summed E-state index contributed by atoms with van der Waals surface area (Å²) in [5.74, 6) is -3.64. The smallest absolute Gasteiger partial charge is 0.254 e. The molecule has 0 atom stereocenters. The first-order valence-corrected chi connectivity index (χ1v) is 10.0. The van der Waals surface area contributed by atoms with Gasteiger partial charge in [0.15, 0.2) is 0 Å². The number of morpholine rings is 1. The summed E-state index contributed by atoms with van der Waals surface area (Å²) in [6.07, 6.45) is 0. The molecular formula is C22H24F2N4O4. The molecule has 0 unspecified atom stereocenters. The molecule has 32 heavy (non-hydrogen) atoms. The number of rotatable bonds is 7.